The molecule has 0 radical (unpaired) electrons. The second-order valence-corrected chi connectivity index (χ2v) is 12.9. The number of allylic oxidation sites excluding steroid dienone is 1. The molecule has 0 fully saturated rings. The van der Waals surface area contributed by atoms with Gasteiger partial charge >= 0.3 is 0 Å². The zero-order valence-electron chi connectivity index (χ0n) is 13.9. The molecule has 4 nitrogen and oxygen atoms in total. The van der Waals surface area contributed by atoms with Crippen molar-refractivity contribution in [2.75, 3.05) is 6.61 Å². The summed E-state index contributed by atoms with van der Waals surface area (Å²) in [5.74, 6) is 0. The van der Waals surface area contributed by atoms with Gasteiger partial charge in [-0.2, -0.15) is 5.10 Å². The van der Waals surface area contributed by atoms with Crippen molar-refractivity contribution in [1.29, 1.82) is 0 Å². The van der Waals surface area contributed by atoms with Crippen LogP contribution in [-0.2, 0) is 17.9 Å². The molecule has 1 aromatic heterocycles. The Kier molecular flexibility index (Phi) is 5.78. The summed E-state index contributed by atoms with van der Waals surface area (Å²) >= 11 is 6.13. The van der Waals surface area contributed by atoms with E-state index in [1.54, 1.807) is 18.3 Å². The van der Waals surface area contributed by atoms with E-state index in [2.05, 4.69) is 31.3 Å². The maximum Gasteiger partial charge on any atom is 0.276 e. The number of halogens is 1. The largest absolute Gasteiger partial charge is 0.359 e. The van der Waals surface area contributed by atoms with Crippen molar-refractivity contribution >= 4 is 30.4 Å². The standard InChI is InChI=1S/C17H23ClN2O2Si/c1-5-6-13-9-14(18)10-15-16(13)11-19-20(17(15)21)12-22-7-8-23(2,3)4/h5,9-11H,1,6-8,12H2,2-4H3. The highest BCUT2D eigenvalue weighted by Gasteiger charge is 2.13. The molecule has 0 unspecified atom stereocenters. The number of hydrogen-bond donors (Lipinski definition) is 0. The molecule has 0 saturated heterocycles. The number of ether oxygens (including phenoxy) is 1. The molecule has 0 amide bonds. The zero-order valence-corrected chi connectivity index (χ0v) is 15.7. The summed E-state index contributed by atoms with van der Waals surface area (Å²) in [4.78, 5) is 12.6. The van der Waals surface area contributed by atoms with Gasteiger partial charge in [-0.3, -0.25) is 4.79 Å². The average Bonchev–Trinajstić information content (AvgIpc) is 2.45. The van der Waals surface area contributed by atoms with Crippen molar-refractivity contribution < 1.29 is 4.74 Å². The Morgan fingerprint density at radius 3 is 2.74 bits per heavy atom. The predicted molar refractivity (Wildman–Crippen MR) is 99.0 cm³/mol. The SMILES string of the molecule is C=CCc1cc(Cl)cc2c(=O)n(COCC[Si](C)(C)C)ncc12. The predicted octanol–water partition coefficient (Wildman–Crippen LogP) is 4.09. The molecule has 2 rings (SSSR count). The van der Waals surface area contributed by atoms with Crippen LogP contribution in [0.2, 0.25) is 30.7 Å². The summed E-state index contributed by atoms with van der Waals surface area (Å²) in [5, 5.41) is 6.16. The molecule has 0 spiro atoms. The van der Waals surface area contributed by atoms with Gasteiger partial charge in [-0.05, 0) is 30.2 Å². The van der Waals surface area contributed by atoms with E-state index in [0.29, 0.717) is 23.4 Å². The molecule has 0 N–H and O–H groups in total. The Hall–Kier alpha value is -1.43. The van der Waals surface area contributed by atoms with Crippen LogP contribution in [0.25, 0.3) is 10.8 Å². The van der Waals surface area contributed by atoms with Crippen molar-refractivity contribution in [3.8, 4) is 0 Å². The van der Waals surface area contributed by atoms with Crippen LogP contribution in [0.1, 0.15) is 5.56 Å². The zero-order chi connectivity index (χ0) is 17.0. The van der Waals surface area contributed by atoms with E-state index in [-0.39, 0.29) is 12.3 Å². The Morgan fingerprint density at radius 1 is 1.35 bits per heavy atom. The molecule has 1 aromatic carbocycles. The lowest BCUT2D eigenvalue weighted by Crippen LogP contribution is -2.26. The Bertz CT molecular complexity index is 766. The van der Waals surface area contributed by atoms with Gasteiger partial charge in [0.05, 0.1) is 11.6 Å². The van der Waals surface area contributed by atoms with Gasteiger partial charge in [0.2, 0.25) is 0 Å². The van der Waals surface area contributed by atoms with E-state index in [0.717, 1.165) is 17.0 Å². The highest BCUT2D eigenvalue weighted by atomic mass is 35.5. The molecule has 23 heavy (non-hydrogen) atoms. The van der Waals surface area contributed by atoms with Crippen molar-refractivity contribution in [3.63, 3.8) is 0 Å². The topological polar surface area (TPSA) is 44.1 Å². The minimum absolute atomic E-state index is 0.169. The van der Waals surface area contributed by atoms with Crippen molar-refractivity contribution in [1.82, 2.24) is 9.78 Å². The van der Waals surface area contributed by atoms with Crippen molar-refractivity contribution in [2.45, 2.75) is 38.8 Å². The van der Waals surface area contributed by atoms with E-state index in [9.17, 15) is 4.79 Å². The molecule has 124 valence electrons. The Morgan fingerprint density at radius 2 is 2.09 bits per heavy atom. The molecule has 6 heteroatoms. The summed E-state index contributed by atoms with van der Waals surface area (Å²) < 4.78 is 6.97. The van der Waals surface area contributed by atoms with Crippen LogP contribution >= 0.6 is 11.6 Å². The minimum atomic E-state index is -1.14. The molecular weight excluding hydrogens is 328 g/mol. The fraction of sp³-hybridized carbons (Fsp3) is 0.412. The monoisotopic (exact) mass is 350 g/mol. The fourth-order valence-corrected chi connectivity index (χ4v) is 3.27. The van der Waals surface area contributed by atoms with Gasteiger partial charge in [-0.25, -0.2) is 4.68 Å². The molecule has 0 atom stereocenters. The Balaban J connectivity index is 2.25. The number of nitrogens with zero attached hydrogens (tertiary/aromatic N) is 2. The average molecular weight is 351 g/mol. The highest BCUT2D eigenvalue weighted by molar-refractivity contribution is 6.76. The quantitative estimate of drug-likeness (QED) is 0.429. The molecular formula is C17H23ClN2O2Si. The van der Waals surface area contributed by atoms with E-state index < -0.39 is 8.07 Å². The molecule has 1 heterocycles. The van der Waals surface area contributed by atoms with Gasteiger partial charge in [0, 0.05) is 25.1 Å². The van der Waals surface area contributed by atoms with Gasteiger partial charge in [0.1, 0.15) is 6.73 Å². The molecule has 0 aliphatic rings. The van der Waals surface area contributed by atoms with E-state index in [1.165, 1.54) is 4.68 Å². The maximum atomic E-state index is 12.6. The first kappa shape index (κ1) is 17.9. The molecule has 0 aliphatic heterocycles. The third-order valence-electron chi connectivity index (χ3n) is 3.60. The van der Waals surface area contributed by atoms with E-state index in [4.69, 9.17) is 16.3 Å². The maximum absolute atomic E-state index is 12.6. The summed E-state index contributed by atoms with van der Waals surface area (Å²) in [6.07, 6.45) is 4.14. The van der Waals surface area contributed by atoms with Crippen LogP contribution in [0, 0.1) is 0 Å². The summed E-state index contributed by atoms with van der Waals surface area (Å²) in [5.41, 5.74) is 0.780. The first-order chi connectivity index (χ1) is 10.8. The van der Waals surface area contributed by atoms with Crippen LogP contribution < -0.4 is 5.56 Å². The normalized spacial score (nSPS) is 11.8. The van der Waals surface area contributed by atoms with Crippen molar-refractivity contribution in [2.24, 2.45) is 0 Å². The van der Waals surface area contributed by atoms with E-state index >= 15 is 0 Å². The van der Waals surface area contributed by atoms with Crippen LogP contribution in [-0.4, -0.2) is 24.5 Å². The number of aromatic nitrogens is 2. The first-order valence-electron chi connectivity index (χ1n) is 7.69. The smallest absolute Gasteiger partial charge is 0.276 e. The summed E-state index contributed by atoms with van der Waals surface area (Å²) in [6.45, 7) is 11.4. The third kappa shape index (κ3) is 4.77. The van der Waals surface area contributed by atoms with Crippen LogP contribution in [0.5, 0.6) is 0 Å². The van der Waals surface area contributed by atoms with Crippen molar-refractivity contribution in [3.05, 3.63) is 51.9 Å². The number of rotatable bonds is 7. The summed E-state index contributed by atoms with van der Waals surface area (Å²) in [7, 11) is -1.14. The van der Waals surface area contributed by atoms with Crippen LogP contribution in [0.4, 0.5) is 0 Å². The third-order valence-corrected chi connectivity index (χ3v) is 5.52. The lowest BCUT2D eigenvalue weighted by Gasteiger charge is -2.15. The van der Waals surface area contributed by atoms with Gasteiger partial charge in [0.25, 0.3) is 5.56 Å². The van der Waals surface area contributed by atoms with Crippen LogP contribution in [0.15, 0.2) is 35.8 Å². The van der Waals surface area contributed by atoms with Gasteiger partial charge in [-0.15, -0.1) is 6.58 Å². The molecule has 0 saturated carbocycles. The number of fused-ring (bicyclic) bond motifs is 1. The fourth-order valence-electron chi connectivity index (χ4n) is 2.27. The van der Waals surface area contributed by atoms with Crippen LogP contribution in [0.3, 0.4) is 0 Å². The number of hydrogen-bond acceptors (Lipinski definition) is 3. The highest BCUT2D eigenvalue weighted by Crippen LogP contribution is 2.21. The lowest BCUT2D eigenvalue weighted by molar-refractivity contribution is 0.0754. The second-order valence-electron chi connectivity index (χ2n) is 6.82. The minimum Gasteiger partial charge on any atom is -0.359 e. The summed E-state index contributed by atoms with van der Waals surface area (Å²) in [6, 6.07) is 4.60. The van der Waals surface area contributed by atoms with Gasteiger partial charge in [-0.1, -0.05) is 37.3 Å². The lowest BCUT2D eigenvalue weighted by atomic mass is 10.1. The first-order valence-corrected chi connectivity index (χ1v) is 11.8. The van der Waals surface area contributed by atoms with E-state index in [1.807, 2.05) is 6.07 Å². The van der Waals surface area contributed by atoms with Gasteiger partial charge < -0.3 is 4.74 Å². The molecule has 2 aromatic rings. The molecule has 0 aliphatic carbocycles. The molecule has 0 bridgehead atoms. The van der Waals surface area contributed by atoms with Gasteiger partial charge in [0.15, 0.2) is 0 Å². The Labute approximate surface area is 142 Å². The second kappa shape index (κ2) is 7.42. The number of benzene rings is 1.